The molecule has 5 rings (SSSR count). The van der Waals surface area contributed by atoms with Gasteiger partial charge >= 0.3 is 6.03 Å². The van der Waals surface area contributed by atoms with Crippen LogP contribution in [0, 0.1) is 0 Å². The second-order valence-electron chi connectivity index (χ2n) is 8.25. The van der Waals surface area contributed by atoms with E-state index in [0.29, 0.717) is 16.6 Å². The number of piperazine rings is 1. The summed E-state index contributed by atoms with van der Waals surface area (Å²) in [6, 6.07) is 4.36. The Morgan fingerprint density at radius 2 is 1.65 bits per heavy atom. The second-order valence-corrected chi connectivity index (χ2v) is 9.03. The lowest BCUT2D eigenvalue weighted by Crippen LogP contribution is -2.58. The number of hydrogen-bond acceptors (Lipinski definition) is 7. The third-order valence-electron chi connectivity index (χ3n) is 6.14. The van der Waals surface area contributed by atoms with Gasteiger partial charge in [0.15, 0.2) is 0 Å². The highest BCUT2D eigenvalue weighted by molar-refractivity contribution is 6.43. The standard InChI is InChI=1S/C22H20Cl2N6O4/c23-16-10-25-11-17(19(16)24)28-7-5-27(6-8-28)12-13-1-2-14-15(9-13)21(33)30(20(14)32)29-4-3-18(31)26-22(29)34/h1-2,9-11H,3-8,12H2,(H,26,31,34). The van der Waals surface area contributed by atoms with Crippen LogP contribution in [0.5, 0.6) is 0 Å². The zero-order valence-electron chi connectivity index (χ0n) is 18.0. The lowest BCUT2D eigenvalue weighted by atomic mass is 10.1. The van der Waals surface area contributed by atoms with Gasteiger partial charge in [0, 0.05) is 45.3 Å². The van der Waals surface area contributed by atoms with Crippen molar-refractivity contribution in [1.82, 2.24) is 25.2 Å². The number of hydrazine groups is 1. The molecule has 34 heavy (non-hydrogen) atoms. The molecule has 0 spiro atoms. The van der Waals surface area contributed by atoms with Crippen LogP contribution in [0.15, 0.2) is 30.6 Å². The lowest BCUT2D eigenvalue weighted by molar-refractivity contribution is -0.122. The van der Waals surface area contributed by atoms with Crippen LogP contribution in [0.25, 0.3) is 0 Å². The van der Waals surface area contributed by atoms with Gasteiger partial charge in [-0.05, 0) is 17.7 Å². The number of nitrogens with zero attached hydrogens (tertiary/aromatic N) is 5. The monoisotopic (exact) mass is 502 g/mol. The van der Waals surface area contributed by atoms with E-state index < -0.39 is 23.8 Å². The molecule has 5 amide bonds. The van der Waals surface area contributed by atoms with Crippen LogP contribution >= 0.6 is 23.2 Å². The Morgan fingerprint density at radius 1 is 0.912 bits per heavy atom. The van der Waals surface area contributed by atoms with Crippen molar-refractivity contribution in [2.24, 2.45) is 0 Å². The van der Waals surface area contributed by atoms with Gasteiger partial charge in [-0.2, -0.15) is 5.01 Å². The molecular weight excluding hydrogens is 483 g/mol. The summed E-state index contributed by atoms with van der Waals surface area (Å²) in [7, 11) is 0. The number of imide groups is 2. The Kier molecular flexibility index (Phi) is 5.88. The molecule has 0 saturated carbocycles. The largest absolute Gasteiger partial charge is 0.366 e. The van der Waals surface area contributed by atoms with E-state index in [2.05, 4.69) is 20.1 Å². The first-order valence-corrected chi connectivity index (χ1v) is 11.5. The van der Waals surface area contributed by atoms with Gasteiger partial charge in [-0.25, -0.2) is 9.80 Å². The molecule has 0 unspecified atom stereocenters. The van der Waals surface area contributed by atoms with E-state index in [1.807, 2.05) is 6.07 Å². The molecule has 0 radical (unpaired) electrons. The highest BCUT2D eigenvalue weighted by Gasteiger charge is 2.43. The molecule has 2 fully saturated rings. The first-order chi connectivity index (χ1) is 16.3. The minimum absolute atomic E-state index is 0.0207. The van der Waals surface area contributed by atoms with E-state index >= 15 is 0 Å². The Labute approximate surface area is 205 Å². The molecule has 2 saturated heterocycles. The predicted octanol–water partition coefficient (Wildman–Crippen LogP) is 2.16. The van der Waals surface area contributed by atoms with Gasteiger partial charge in [0.25, 0.3) is 11.8 Å². The van der Waals surface area contributed by atoms with Gasteiger partial charge in [0.2, 0.25) is 5.91 Å². The molecule has 10 nitrogen and oxygen atoms in total. The summed E-state index contributed by atoms with van der Waals surface area (Å²) in [5.74, 6) is -1.58. The van der Waals surface area contributed by atoms with E-state index in [-0.39, 0.29) is 24.1 Å². The van der Waals surface area contributed by atoms with Crippen molar-refractivity contribution in [3.63, 3.8) is 0 Å². The van der Waals surface area contributed by atoms with Gasteiger partial charge in [-0.3, -0.25) is 29.6 Å². The van der Waals surface area contributed by atoms with Crippen LogP contribution in [-0.4, -0.2) is 76.4 Å². The normalized spacial score (nSPS) is 19.1. The maximum absolute atomic E-state index is 13.0. The van der Waals surface area contributed by atoms with Crippen LogP contribution in [0.2, 0.25) is 10.0 Å². The number of fused-ring (bicyclic) bond motifs is 1. The van der Waals surface area contributed by atoms with Crippen LogP contribution in [0.1, 0.15) is 32.7 Å². The smallest absolute Gasteiger partial charge is 0.343 e. The van der Waals surface area contributed by atoms with Crippen molar-refractivity contribution in [2.45, 2.75) is 13.0 Å². The third-order valence-corrected chi connectivity index (χ3v) is 6.92. The summed E-state index contributed by atoms with van der Waals surface area (Å²) >= 11 is 12.4. The summed E-state index contributed by atoms with van der Waals surface area (Å²) in [6.07, 6.45) is 3.24. The number of amides is 5. The number of aromatic nitrogens is 1. The van der Waals surface area contributed by atoms with E-state index in [9.17, 15) is 19.2 Å². The number of hydrogen-bond donors (Lipinski definition) is 1. The first-order valence-electron chi connectivity index (χ1n) is 10.7. The molecular formula is C22H20Cl2N6O4. The van der Waals surface area contributed by atoms with Crippen molar-refractivity contribution in [3.8, 4) is 0 Å². The van der Waals surface area contributed by atoms with Crippen LogP contribution < -0.4 is 10.2 Å². The average molecular weight is 503 g/mol. The molecule has 1 N–H and O–H groups in total. The minimum Gasteiger partial charge on any atom is -0.366 e. The van der Waals surface area contributed by atoms with Gasteiger partial charge in [0.1, 0.15) is 0 Å². The van der Waals surface area contributed by atoms with Crippen molar-refractivity contribution in [3.05, 3.63) is 57.3 Å². The molecule has 3 aliphatic rings. The Bertz CT molecular complexity index is 1210. The van der Waals surface area contributed by atoms with Crippen molar-refractivity contribution >= 4 is 52.6 Å². The summed E-state index contributed by atoms with van der Waals surface area (Å²) in [6.45, 7) is 3.57. The molecule has 4 heterocycles. The molecule has 176 valence electrons. The molecule has 2 aromatic rings. The summed E-state index contributed by atoms with van der Waals surface area (Å²) in [5.41, 5.74) is 2.18. The van der Waals surface area contributed by atoms with Gasteiger partial charge in [0.05, 0.1) is 39.6 Å². The lowest BCUT2D eigenvalue weighted by Gasteiger charge is -2.36. The van der Waals surface area contributed by atoms with Crippen molar-refractivity contribution < 1.29 is 19.2 Å². The molecule has 1 aromatic heterocycles. The van der Waals surface area contributed by atoms with Gasteiger partial charge < -0.3 is 4.90 Å². The average Bonchev–Trinajstić information content (AvgIpc) is 3.06. The SMILES string of the molecule is O=C1CCN(N2C(=O)c3ccc(CN4CCN(c5cncc(Cl)c5Cl)CC4)cc3C2=O)C(=O)N1. The first kappa shape index (κ1) is 22.6. The zero-order valence-corrected chi connectivity index (χ0v) is 19.5. The molecule has 0 atom stereocenters. The van der Waals surface area contributed by atoms with Crippen LogP contribution in [0.4, 0.5) is 10.5 Å². The van der Waals surface area contributed by atoms with Crippen molar-refractivity contribution in [2.75, 3.05) is 37.6 Å². The minimum atomic E-state index is -0.779. The summed E-state index contributed by atoms with van der Waals surface area (Å²) in [5, 5.41) is 4.84. The number of pyridine rings is 1. The Morgan fingerprint density at radius 3 is 2.38 bits per heavy atom. The fourth-order valence-electron chi connectivity index (χ4n) is 4.37. The summed E-state index contributed by atoms with van der Waals surface area (Å²) in [4.78, 5) is 57.9. The highest BCUT2D eigenvalue weighted by atomic mass is 35.5. The molecule has 0 aliphatic carbocycles. The number of halogens is 2. The number of urea groups is 1. The third kappa shape index (κ3) is 3.97. The Hall–Kier alpha value is -3.21. The summed E-state index contributed by atoms with van der Waals surface area (Å²) < 4.78 is 0. The van der Waals surface area contributed by atoms with Crippen LogP contribution in [0.3, 0.4) is 0 Å². The zero-order chi connectivity index (χ0) is 24.0. The number of benzene rings is 1. The molecule has 12 heteroatoms. The maximum atomic E-state index is 13.0. The number of carbonyl (C=O) groups is 4. The Balaban J connectivity index is 1.26. The van der Waals surface area contributed by atoms with Crippen molar-refractivity contribution in [1.29, 1.82) is 0 Å². The quantitative estimate of drug-likeness (QED) is 0.638. The molecule has 3 aliphatic heterocycles. The van der Waals surface area contributed by atoms with E-state index in [1.54, 1.807) is 18.3 Å². The van der Waals surface area contributed by atoms with E-state index in [4.69, 9.17) is 23.2 Å². The van der Waals surface area contributed by atoms with Gasteiger partial charge in [-0.1, -0.05) is 29.3 Å². The fraction of sp³-hybridized carbons (Fsp3) is 0.318. The fourth-order valence-corrected chi connectivity index (χ4v) is 4.74. The number of carbonyl (C=O) groups excluding carboxylic acids is 4. The number of anilines is 1. The highest BCUT2D eigenvalue weighted by Crippen LogP contribution is 2.32. The number of nitrogens with one attached hydrogen (secondary N) is 1. The van der Waals surface area contributed by atoms with E-state index in [0.717, 1.165) is 47.4 Å². The van der Waals surface area contributed by atoms with E-state index in [1.165, 1.54) is 6.20 Å². The number of rotatable bonds is 4. The second kappa shape index (κ2) is 8.86. The predicted molar refractivity (Wildman–Crippen MR) is 124 cm³/mol. The van der Waals surface area contributed by atoms with Crippen LogP contribution in [-0.2, 0) is 11.3 Å². The molecule has 1 aromatic carbocycles. The van der Waals surface area contributed by atoms with Gasteiger partial charge in [-0.15, -0.1) is 0 Å². The maximum Gasteiger partial charge on any atom is 0.343 e. The topological polar surface area (TPSA) is 106 Å². The molecule has 0 bridgehead atoms.